The van der Waals surface area contributed by atoms with Crippen molar-refractivity contribution in [2.24, 2.45) is 0 Å². The van der Waals surface area contributed by atoms with Gasteiger partial charge in [-0.1, -0.05) is 15.9 Å². The summed E-state index contributed by atoms with van der Waals surface area (Å²) in [4.78, 5) is 0.287. The minimum absolute atomic E-state index is 0.0575. The smallest absolute Gasteiger partial charge is 0.208 e. The van der Waals surface area contributed by atoms with E-state index in [-0.39, 0.29) is 10.9 Å². The van der Waals surface area contributed by atoms with Crippen LogP contribution in [0.15, 0.2) is 32.0 Å². The Bertz CT molecular complexity index is 528. The maximum absolute atomic E-state index is 12.3. The summed E-state index contributed by atoms with van der Waals surface area (Å²) in [6.07, 6.45) is 1.80. The van der Waals surface area contributed by atoms with Crippen LogP contribution in [0.5, 0.6) is 0 Å². The first-order chi connectivity index (χ1) is 8.49. The molecule has 1 aromatic carbocycles. The number of hydrogen-bond donors (Lipinski definition) is 1. The predicted molar refractivity (Wildman–Crippen MR) is 82.5 cm³/mol. The average molecular weight is 415 g/mol. The third-order valence-electron chi connectivity index (χ3n) is 2.73. The van der Waals surface area contributed by atoms with Gasteiger partial charge in [-0.3, -0.25) is 0 Å². The van der Waals surface area contributed by atoms with E-state index in [1.807, 2.05) is 11.8 Å². The molecule has 1 heterocycles. The van der Waals surface area contributed by atoms with Gasteiger partial charge in [0.05, 0.1) is 4.90 Å². The second-order valence-corrected chi connectivity index (χ2v) is 8.76. The van der Waals surface area contributed by atoms with E-state index in [1.54, 1.807) is 18.2 Å². The van der Waals surface area contributed by atoms with E-state index in [0.29, 0.717) is 4.47 Å². The second kappa shape index (κ2) is 6.26. The van der Waals surface area contributed by atoms with Gasteiger partial charge >= 0.3 is 0 Å². The van der Waals surface area contributed by atoms with Crippen LogP contribution in [-0.2, 0) is 10.0 Å². The first-order valence-electron chi connectivity index (χ1n) is 5.54. The van der Waals surface area contributed by atoms with Crippen LogP contribution < -0.4 is 4.72 Å². The van der Waals surface area contributed by atoms with Crippen LogP contribution in [0.4, 0.5) is 0 Å². The maximum Gasteiger partial charge on any atom is 0.241 e. The minimum atomic E-state index is -3.45. The van der Waals surface area contributed by atoms with Crippen LogP contribution in [0.1, 0.15) is 12.8 Å². The number of nitrogens with one attached hydrogen (secondary N) is 1. The number of hydrogen-bond acceptors (Lipinski definition) is 3. The largest absolute Gasteiger partial charge is 0.241 e. The third kappa shape index (κ3) is 3.72. The van der Waals surface area contributed by atoms with Crippen molar-refractivity contribution in [1.82, 2.24) is 4.72 Å². The van der Waals surface area contributed by atoms with E-state index in [4.69, 9.17) is 0 Å². The molecule has 3 nitrogen and oxygen atoms in total. The van der Waals surface area contributed by atoms with E-state index >= 15 is 0 Å². The van der Waals surface area contributed by atoms with Gasteiger partial charge in [0.1, 0.15) is 0 Å². The van der Waals surface area contributed by atoms with Crippen LogP contribution in [0.25, 0.3) is 0 Å². The Kier molecular flexibility index (Phi) is 5.16. The Hall–Kier alpha value is 0.440. The van der Waals surface area contributed by atoms with Gasteiger partial charge in [-0.2, -0.15) is 11.8 Å². The highest BCUT2D eigenvalue weighted by molar-refractivity contribution is 9.11. The molecule has 0 bridgehead atoms. The summed E-state index contributed by atoms with van der Waals surface area (Å²) in [5, 5.41) is 0. The molecule has 0 spiro atoms. The van der Waals surface area contributed by atoms with Crippen LogP contribution in [-0.4, -0.2) is 26.0 Å². The maximum atomic E-state index is 12.3. The van der Waals surface area contributed by atoms with Crippen molar-refractivity contribution in [3.63, 3.8) is 0 Å². The Labute approximate surface area is 128 Å². The zero-order chi connectivity index (χ0) is 13.2. The molecule has 0 amide bonds. The summed E-state index contributed by atoms with van der Waals surface area (Å²) >= 11 is 8.46. The van der Waals surface area contributed by atoms with E-state index in [2.05, 4.69) is 36.6 Å². The molecule has 1 fully saturated rings. The van der Waals surface area contributed by atoms with Gasteiger partial charge in [0.2, 0.25) is 10.0 Å². The lowest BCUT2D eigenvalue weighted by Gasteiger charge is -2.22. The Balaban J connectivity index is 2.21. The highest BCUT2D eigenvalue weighted by Gasteiger charge is 2.23. The van der Waals surface area contributed by atoms with Crippen molar-refractivity contribution in [3.05, 3.63) is 27.1 Å². The van der Waals surface area contributed by atoms with Crippen molar-refractivity contribution in [2.45, 2.75) is 23.8 Å². The van der Waals surface area contributed by atoms with Gasteiger partial charge < -0.3 is 0 Å². The van der Waals surface area contributed by atoms with Crippen molar-refractivity contribution in [3.8, 4) is 0 Å². The third-order valence-corrected chi connectivity index (χ3v) is 6.78. The Morgan fingerprint density at radius 3 is 2.56 bits per heavy atom. The summed E-state index contributed by atoms with van der Waals surface area (Å²) < 4.78 is 28.7. The van der Waals surface area contributed by atoms with Gasteiger partial charge in [-0.15, -0.1) is 0 Å². The summed E-state index contributed by atoms with van der Waals surface area (Å²) in [6.45, 7) is 0. The summed E-state index contributed by atoms with van der Waals surface area (Å²) in [5.74, 6) is 2.04. The normalized spacial score (nSPS) is 17.9. The Morgan fingerprint density at radius 2 is 1.89 bits per heavy atom. The molecule has 100 valence electrons. The molecule has 0 radical (unpaired) electrons. The highest BCUT2D eigenvalue weighted by Crippen LogP contribution is 2.27. The lowest BCUT2D eigenvalue weighted by Crippen LogP contribution is -2.37. The van der Waals surface area contributed by atoms with Gasteiger partial charge in [0.15, 0.2) is 0 Å². The fourth-order valence-corrected chi connectivity index (χ4v) is 5.69. The molecular weight excluding hydrogens is 402 g/mol. The average Bonchev–Trinajstić information content (AvgIpc) is 2.33. The van der Waals surface area contributed by atoms with E-state index in [1.165, 1.54) is 0 Å². The number of thioether (sulfide) groups is 1. The second-order valence-electron chi connectivity index (χ2n) is 4.08. The number of rotatable bonds is 3. The molecule has 1 aliphatic heterocycles. The fraction of sp³-hybridized carbons (Fsp3) is 0.455. The van der Waals surface area contributed by atoms with Crippen molar-refractivity contribution >= 4 is 53.6 Å². The number of sulfonamides is 1. The zero-order valence-electron chi connectivity index (χ0n) is 9.53. The van der Waals surface area contributed by atoms with E-state index < -0.39 is 10.0 Å². The standard InChI is InChI=1S/C11H13Br2NO2S2/c12-8-1-2-10(13)11(7-8)18(15,16)14-9-3-5-17-6-4-9/h1-2,7,9,14H,3-6H2. The van der Waals surface area contributed by atoms with Gasteiger partial charge in [0.25, 0.3) is 0 Å². The molecule has 0 aliphatic carbocycles. The molecule has 1 aliphatic rings. The summed E-state index contributed by atoms with van der Waals surface area (Å²) in [6, 6.07) is 5.21. The molecule has 1 aromatic rings. The van der Waals surface area contributed by atoms with E-state index in [0.717, 1.165) is 28.8 Å². The van der Waals surface area contributed by atoms with Gasteiger partial charge in [0, 0.05) is 15.0 Å². The molecule has 1 N–H and O–H groups in total. The first-order valence-corrected chi connectivity index (χ1v) is 9.76. The molecule has 0 aromatic heterocycles. The molecule has 0 atom stereocenters. The summed E-state index contributed by atoms with van der Waals surface area (Å²) in [5.41, 5.74) is 0. The molecule has 7 heteroatoms. The predicted octanol–water partition coefficient (Wildman–Crippen LogP) is 3.39. The van der Waals surface area contributed by atoms with E-state index in [9.17, 15) is 8.42 Å². The Morgan fingerprint density at radius 1 is 1.22 bits per heavy atom. The van der Waals surface area contributed by atoms with Crippen LogP contribution in [0, 0.1) is 0 Å². The van der Waals surface area contributed by atoms with Gasteiger partial charge in [-0.05, 0) is 58.5 Å². The highest BCUT2D eigenvalue weighted by atomic mass is 79.9. The lowest BCUT2D eigenvalue weighted by molar-refractivity contribution is 0.528. The van der Waals surface area contributed by atoms with Crippen molar-refractivity contribution < 1.29 is 8.42 Å². The first kappa shape index (κ1) is 14.8. The molecule has 2 rings (SSSR count). The van der Waals surface area contributed by atoms with Crippen LogP contribution in [0.2, 0.25) is 0 Å². The quantitative estimate of drug-likeness (QED) is 0.824. The SMILES string of the molecule is O=S(=O)(NC1CCSCC1)c1cc(Br)ccc1Br. The van der Waals surface area contributed by atoms with Crippen LogP contribution >= 0.6 is 43.6 Å². The lowest BCUT2D eigenvalue weighted by atomic mass is 10.2. The van der Waals surface area contributed by atoms with Crippen molar-refractivity contribution in [2.75, 3.05) is 11.5 Å². The number of halogens is 2. The summed E-state index contributed by atoms with van der Waals surface area (Å²) in [7, 11) is -3.45. The molecule has 1 saturated heterocycles. The van der Waals surface area contributed by atoms with Crippen LogP contribution in [0.3, 0.4) is 0 Å². The molecule has 0 saturated carbocycles. The topological polar surface area (TPSA) is 46.2 Å². The molecule has 18 heavy (non-hydrogen) atoms. The minimum Gasteiger partial charge on any atom is -0.208 e. The zero-order valence-corrected chi connectivity index (χ0v) is 14.3. The van der Waals surface area contributed by atoms with Crippen molar-refractivity contribution in [1.29, 1.82) is 0 Å². The van der Waals surface area contributed by atoms with Gasteiger partial charge in [-0.25, -0.2) is 13.1 Å². The monoisotopic (exact) mass is 413 g/mol. The number of benzene rings is 1. The fourth-order valence-electron chi connectivity index (χ4n) is 1.78. The molecule has 0 unspecified atom stereocenters. The molecular formula is C11H13Br2NO2S2.